The number of thiazole rings is 1. The molecule has 0 atom stereocenters. The van der Waals surface area contributed by atoms with Crippen molar-refractivity contribution in [2.24, 2.45) is 0 Å². The molecule has 0 aliphatic heterocycles. The summed E-state index contributed by atoms with van der Waals surface area (Å²) in [6, 6.07) is 5.79. The van der Waals surface area contributed by atoms with Crippen LogP contribution in [0.3, 0.4) is 0 Å². The van der Waals surface area contributed by atoms with Gasteiger partial charge in [0.25, 0.3) is 0 Å². The third-order valence-corrected chi connectivity index (χ3v) is 3.67. The fourth-order valence-corrected chi connectivity index (χ4v) is 2.63. The van der Waals surface area contributed by atoms with Crippen LogP contribution in [0.1, 0.15) is 19.8 Å². The number of aromatic nitrogens is 1. The number of fused-ring (bicyclic) bond motifs is 1. The number of rotatable bonds is 7. The molecule has 2 aromatic rings. The first-order valence-corrected chi connectivity index (χ1v) is 7.36. The molecule has 0 saturated heterocycles. The summed E-state index contributed by atoms with van der Waals surface area (Å²) in [5, 5.41) is 4.99. The second-order valence-corrected chi connectivity index (χ2v) is 5.49. The van der Waals surface area contributed by atoms with Gasteiger partial charge in [0.05, 0.1) is 10.2 Å². The Morgan fingerprint density at radius 3 is 3.11 bits per heavy atom. The topological polar surface area (TPSA) is 34.1 Å². The number of halogens is 1. The Hall–Kier alpha value is -0.840. The summed E-state index contributed by atoms with van der Waals surface area (Å²) in [5.41, 5.74) is 0.956. The maximum Gasteiger partial charge on any atom is 0.183 e. The smallest absolute Gasteiger partial charge is 0.183 e. The van der Waals surface area contributed by atoms with E-state index in [1.165, 1.54) is 0 Å². The van der Waals surface area contributed by atoms with Gasteiger partial charge in [-0.2, -0.15) is 0 Å². The van der Waals surface area contributed by atoms with Gasteiger partial charge in [-0.15, -0.1) is 0 Å². The van der Waals surface area contributed by atoms with Gasteiger partial charge in [0.1, 0.15) is 0 Å². The van der Waals surface area contributed by atoms with Crippen molar-refractivity contribution < 1.29 is 4.74 Å². The molecule has 0 amide bonds. The fraction of sp³-hybridized carbons (Fsp3) is 0.462. The summed E-state index contributed by atoms with van der Waals surface area (Å²) >= 11 is 7.58. The molecule has 0 aliphatic rings. The maximum absolute atomic E-state index is 5.93. The predicted octanol–water partition coefficient (Wildman–Crippen LogP) is 4.18. The van der Waals surface area contributed by atoms with E-state index in [0.717, 1.165) is 53.0 Å². The molecular weight excluding hydrogens is 268 g/mol. The highest BCUT2D eigenvalue weighted by atomic mass is 35.5. The van der Waals surface area contributed by atoms with Gasteiger partial charge in [0.2, 0.25) is 0 Å². The number of anilines is 1. The molecule has 0 radical (unpaired) electrons. The standard InChI is InChI=1S/C13H17ClN2OS/c1-2-7-17-8-3-6-15-13-16-11-9-10(14)4-5-12(11)18-13/h4-5,9H,2-3,6-8H2,1H3,(H,15,16). The Labute approximate surface area is 116 Å². The van der Waals surface area contributed by atoms with Crippen molar-refractivity contribution >= 4 is 38.3 Å². The van der Waals surface area contributed by atoms with Crippen LogP contribution in [0.5, 0.6) is 0 Å². The molecule has 1 aromatic heterocycles. The largest absolute Gasteiger partial charge is 0.381 e. The van der Waals surface area contributed by atoms with Crippen molar-refractivity contribution in [3.05, 3.63) is 23.2 Å². The van der Waals surface area contributed by atoms with Gasteiger partial charge in [-0.1, -0.05) is 29.9 Å². The Kier molecular flexibility index (Phi) is 5.23. The zero-order chi connectivity index (χ0) is 12.8. The first-order valence-electron chi connectivity index (χ1n) is 6.17. The van der Waals surface area contributed by atoms with E-state index in [4.69, 9.17) is 16.3 Å². The van der Waals surface area contributed by atoms with E-state index in [-0.39, 0.29) is 0 Å². The normalized spacial score (nSPS) is 11.0. The maximum atomic E-state index is 5.93. The fourth-order valence-electron chi connectivity index (χ4n) is 1.59. The van der Waals surface area contributed by atoms with Crippen LogP contribution in [-0.4, -0.2) is 24.7 Å². The number of nitrogens with one attached hydrogen (secondary N) is 1. The van der Waals surface area contributed by atoms with Crippen molar-refractivity contribution in [2.75, 3.05) is 25.1 Å². The van der Waals surface area contributed by atoms with Crippen LogP contribution in [0.2, 0.25) is 5.02 Å². The number of benzene rings is 1. The van der Waals surface area contributed by atoms with Crippen LogP contribution in [0.4, 0.5) is 5.13 Å². The van der Waals surface area contributed by atoms with Crippen LogP contribution in [0.25, 0.3) is 10.2 Å². The number of nitrogens with zero attached hydrogens (tertiary/aromatic N) is 1. The Morgan fingerprint density at radius 1 is 1.39 bits per heavy atom. The average Bonchev–Trinajstić information content (AvgIpc) is 2.75. The number of hydrogen-bond donors (Lipinski definition) is 1. The first kappa shape index (κ1) is 13.6. The third-order valence-electron chi connectivity index (χ3n) is 2.44. The van der Waals surface area contributed by atoms with Gasteiger partial charge >= 0.3 is 0 Å². The summed E-state index contributed by atoms with van der Waals surface area (Å²) in [4.78, 5) is 4.49. The van der Waals surface area contributed by atoms with Crippen LogP contribution in [0, 0.1) is 0 Å². The minimum Gasteiger partial charge on any atom is -0.381 e. The molecule has 0 bridgehead atoms. The van der Waals surface area contributed by atoms with Gasteiger partial charge < -0.3 is 10.1 Å². The van der Waals surface area contributed by atoms with Gasteiger partial charge in [-0.3, -0.25) is 0 Å². The zero-order valence-electron chi connectivity index (χ0n) is 10.4. The second kappa shape index (κ2) is 6.92. The molecular formula is C13H17ClN2OS. The van der Waals surface area contributed by atoms with Crippen molar-refractivity contribution in [3.8, 4) is 0 Å². The summed E-state index contributed by atoms with van der Waals surface area (Å²) in [6.07, 6.45) is 2.07. The lowest BCUT2D eigenvalue weighted by molar-refractivity contribution is 0.134. The van der Waals surface area contributed by atoms with Crippen LogP contribution < -0.4 is 5.32 Å². The Balaban J connectivity index is 1.81. The molecule has 5 heteroatoms. The van der Waals surface area contributed by atoms with Gasteiger partial charge in [-0.05, 0) is 31.0 Å². The third kappa shape index (κ3) is 3.83. The molecule has 2 rings (SSSR count). The lowest BCUT2D eigenvalue weighted by Crippen LogP contribution is -2.05. The van der Waals surface area contributed by atoms with E-state index < -0.39 is 0 Å². The molecule has 1 heterocycles. The Morgan fingerprint density at radius 2 is 2.28 bits per heavy atom. The SMILES string of the molecule is CCCOCCCNc1nc2cc(Cl)ccc2s1. The summed E-state index contributed by atoms with van der Waals surface area (Å²) in [6.45, 7) is 4.65. The van der Waals surface area contributed by atoms with Gasteiger partial charge in [-0.25, -0.2) is 4.98 Å². The van der Waals surface area contributed by atoms with Crippen LogP contribution >= 0.6 is 22.9 Å². The van der Waals surface area contributed by atoms with Crippen LogP contribution in [-0.2, 0) is 4.74 Å². The van der Waals surface area contributed by atoms with E-state index in [1.807, 2.05) is 18.2 Å². The van der Waals surface area contributed by atoms with E-state index in [2.05, 4.69) is 17.2 Å². The van der Waals surface area contributed by atoms with Crippen LogP contribution in [0.15, 0.2) is 18.2 Å². The molecule has 1 aromatic carbocycles. The lowest BCUT2D eigenvalue weighted by atomic mass is 10.3. The highest BCUT2D eigenvalue weighted by Crippen LogP contribution is 2.27. The highest BCUT2D eigenvalue weighted by Gasteiger charge is 2.03. The first-order chi connectivity index (χ1) is 8.79. The predicted molar refractivity (Wildman–Crippen MR) is 78.8 cm³/mol. The molecule has 1 N–H and O–H groups in total. The number of hydrogen-bond acceptors (Lipinski definition) is 4. The van der Waals surface area contributed by atoms with E-state index in [9.17, 15) is 0 Å². The quantitative estimate of drug-likeness (QED) is 0.775. The molecule has 18 heavy (non-hydrogen) atoms. The average molecular weight is 285 g/mol. The van der Waals surface area contributed by atoms with Crippen molar-refractivity contribution in [1.29, 1.82) is 0 Å². The van der Waals surface area contributed by atoms with Crippen molar-refractivity contribution in [3.63, 3.8) is 0 Å². The molecule has 98 valence electrons. The minimum atomic E-state index is 0.729. The molecule has 3 nitrogen and oxygen atoms in total. The molecule has 0 fully saturated rings. The molecule has 0 saturated carbocycles. The Bertz CT molecular complexity index is 501. The van der Waals surface area contributed by atoms with Crippen molar-refractivity contribution in [1.82, 2.24) is 4.98 Å². The minimum absolute atomic E-state index is 0.729. The van der Waals surface area contributed by atoms with E-state index in [1.54, 1.807) is 11.3 Å². The van der Waals surface area contributed by atoms with Crippen molar-refractivity contribution in [2.45, 2.75) is 19.8 Å². The van der Waals surface area contributed by atoms with E-state index in [0.29, 0.717) is 0 Å². The second-order valence-electron chi connectivity index (χ2n) is 4.02. The monoisotopic (exact) mass is 284 g/mol. The summed E-state index contributed by atoms with van der Waals surface area (Å²) < 4.78 is 6.58. The highest BCUT2D eigenvalue weighted by molar-refractivity contribution is 7.22. The molecule has 0 spiro atoms. The summed E-state index contributed by atoms with van der Waals surface area (Å²) in [5.74, 6) is 0. The number of ether oxygens (including phenoxy) is 1. The molecule has 0 aliphatic carbocycles. The van der Waals surface area contributed by atoms with Gasteiger partial charge in [0, 0.05) is 24.8 Å². The molecule has 0 unspecified atom stereocenters. The van der Waals surface area contributed by atoms with E-state index >= 15 is 0 Å². The zero-order valence-corrected chi connectivity index (χ0v) is 12.0. The summed E-state index contributed by atoms with van der Waals surface area (Å²) in [7, 11) is 0. The van der Waals surface area contributed by atoms with Gasteiger partial charge in [0.15, 0.2) is 5.13 Å². The lowest BCUT2D eigenvalue weighted by Gasteiger charge is -2.03.